The molecule has 0 fully saturated rings. The molecule has 0 heterocycles. The van der Waals surface area contributed by atoms with Gasteiger partial charge in [0.25, 0.3) is 0 Å². The molecule has 94 valence electrons. The first-order valence-electron chi connectivity index (χ1n) is 7.03. The third-order valence-corrected chi connectivity index (χ3v) is 3.64. The van der Waals surface area contributed by atoms with Gasteiger partial charge in [-0.1, -0.05) is 74.5 Å². The molecule has 0 atom stereocenters. The second-order valence-electron chi connectivity index (χ2n) is 4.63. The predicted molar refractivity (Wildman–Crippen MR) is 85.3 cm³/mol. The van der Waals surface area contributed by atoms with Crippen LogP contribution in [0.15, 0.2) is 54.6 Å². The lowest BCUT2D eigenvalue weighted by atomic mass is 9.95. The Morgan fingerprint density at radius 3 is 2.32 bits per heavy atom. The van der Waals surface area contributed by atoms with Crippen LogP contribution in [0.2, 0.25) is 0 Å². The SMILES string of the molecule is C1=CCc2ccc3cccc4ccc(c2c34)=C1.CC. The van der Waals surface area contributed by atoms with Crippen LogP contribution >= 0.6 is 0 Å². The lowest BCUT2D eigenvalue weighted by Gasteiger charge is -2.09. The molecule has 0 unspecified atom stereocenters. The maximum absolute atomic E-state index is 2.27. The molecule has 1 aliphatic rings. The van der Waals surface area contributed by atoms with Gasteiger partial charge >= 0.3 is 0 Å². The smallest absolute Gasteiger partial charge is 0.00300 e. The third-order valence-electron chi connectivity index (χ3n) is 3.64. The summed E-state index contributed by atoms with van der Waals surface area (Å²) in [5.74, 6) is 0. The van der Waals surface area contributed by atoms with Gasteiger partial charge in [-0.15, -0.1) is 0 Å². The van der Waals surface area contributed by atoms with Crippen molar-refractivity contribution in [1.29, 1.82) is 0 Å². The van der Waals surface area contributed by atoms with Crippen LogP contribution in [-0.4, -0.2) is 0 Å². The summed E-state index contributed by atoms with van der Waals surface area (Å²) in [6.07, 6.45) is 7.66. The van der Waals surface area contributed by atoms with Crippen LogP contribution in [0, 0.1) is 0 Å². The molecule has 19 heavy (non-hydrogen) atoms. The van der Waals surface area contributed by atoms with Crippen molar-refractivity contribution >= 4 is 27.6 Å². The molecule has 0 nitrogen and oxygen atoms in total. The maximum Gasteiger partial charge on any atom is -0.00300 e. The highest BCUT2D eigenvalue weighted by molar-refractivity contribution is 6.11. The van der Waals surface area contributed by atoms with Crippen molar-refractivity contribution in [2.24, 2.45) is 0 Å². The molecule has 0 N–H and O–H groups in total. The van der Waals surface area contributed by atoms with Crippen LogP contribution in [0.4, 0.5) is 0 Å². The molecule has 0 bridgehead atoms. The summed E-state index contributed by atoms with van der Waals surface area (Å²) in [5.41, 5.74) is 1.44. The molecule has 0 aromatic heterocycles. The van der Waals surface area contributed by atoms with E-state index in [9.17, 15) is 0 Å². The average Bonchev–Trinajstić information content (AvgIpc) is 2.70. The van der Waals surface area contributed by atoms with Gasteiger partial charge in [-0.2, -0.15) is 0 Å². The Hall–Kier alpha value is -2.08. The monoisotopic (exact) mass is 246 g/mol. The third kappa shape index (κ3) is 1.84. The van der Waals surface area contributed by atoms with Crippen LogP contribution in [0.25, 0.3) is 27.6 Å². The van der Waals surface area contributed by atoms with Gasteiger partial charge in [0.2, 0.25) is 0 Å². The van der Waals surface area contributed by atoms with Crippen molar-refractivity contribution < 1.29 is 0 Å². The molecule has 3 aromatic carbocycles. The highest BCUT2D eigenvalue weighted by Gasteiger charge is 2.07. The van der Waals surface area contributed by atoms with Crippen LogP contribution in [0.3, 0.4) is 0 Å². The van der Waals surface area contributed by atoms with Gasteiger partial charge in [0.05, 0.1) is 0 Å². The topological polar surface area (TPSA) is 0 Å². The lowest BCUT2D eigenvalue weighted by molar-refractivity contribution is 1.31. The van der Waals surface area contributed by atoms with E-state index < -0.39 is 0 Å². The van der Waals surface area contributed by atoms with E-state index in [4.69, 9.17) is 0 Å². The summed E-state index contributed by atoms with van der Waals surface area (Å²) < 4.78 is 0. The van der Waals surface area contributed by atoms with E-state index in [0.29, 0.717) is 0 Å². The van der Waals surface area contributed by atoms with E-state index in [2.05, 4.69) is 60.7 Å². The molecule has 0 heteroatoms. The Morgan fingerprint density at radius 1 is 0.789 bits per heavy atom. The molecule has 0 aliphatic heterocycles. The zero-order valence-corrected chi connectivity index (χ0v) is 11.5. The van der Waals surface area contributed by atoms with E-state index in [-0.39, 0.29) is 0 Å². The zero-order valence-electron chi connectivity index (χ0n) is 11.5. The van der Waals surface area contributed by atoms with Gasteiger partial charge in [-0.25, -0.2) is 0 Å². The fraction of sp³-hybridized carbons (Fsp3) is 0.158. The summed E-state index contributed by atoms with van der Waals surface area (Å²) >= 11 is 0. The molecule has 0 spiro atoms. The van der Waals surface area contributed by atoms with Crippen LogP contribution < -0.4 is 5.22 Å². The van der Waals surface area contributed by atoms with Crippen LogP contribution in [-0.2, 0) is 6.42 Å². The van der Waals surface area contributed by atoms with Crippen molar-refractivity contribution in [2.45, 2.75) is 20.3 Å². The standard InChI is InChI=1S/C17H12.C2H6/c1-2-5-13-9-11-15-7-3-6-14-10-8-12(4-1)16(13)17(14)15;1-2/h1-4,6-11H,5H2;1-2H3. The predicted octanol–water partition coefficient (Wildman–Crippen LogP) is 4.63. The minimum absolute atomic E-state index is 1.04. The first-order valence-corrected chi connectivity index (χ1v) is 7.03. The van der Waals surface area contributed by atoms with Crippen LogP contribution in [0.5, 0.6) is 0 Å². The summed E-state index contributed by atoms with van der Waals surface area (Å²) in [6.45, 7) is 4.00. The minimum atomic E-state index is 1.04. The number of benzene rings is 3. The Kier molecular flexibility index (Phi) is 3.08. The van der Waals surface area contributed by atoms with Crippen LogP contribution in [0.1, 0.15) is 19.4 Å². The molecule has 0 saturated heterocycles. The Balaban J connectivity index is 0.000000528. The second kappa shape index (κ2) is 4.89. The number of rotatable bonds is 0. The maximum atomic E-state index is 2.27. The van der Waals surface area contributed by atoms with Crippen molar-refractivity contribution in [1.82, 2.24) is 0 Å². The van der Waals surface area contributed by atoms with Gasteiger partial charge in [-0.3, -0.25) is 0 Å². The normalized spacial score (nSPS) is 12.7. The fourth-order valence-electron chi connectivity index (χ4n) is 2.86. The van der Waals surface area contributed by atoms with Crippen molar-refractivity contribution in [3.63, 3.8) is 0 Å². The van der Waals surface area contributed by atoms with E-state index in [1.165, 1.54) is 32.3 Å². The first kappa shape index (κ1) is 12.0. The Bertz CT molecular complexity index is 791. The van der Waals surface area contributed by atoms with Gasteiger partial charge in [0.1, 0.15) is 0 Å². The van der Waals surface area contributed by atoms with Gasteiger partial charge in [-0.05, 0) is 38.7 Å². The summed E-state index contributed by atoms with van der Waals surface area (Å²) in [7, 11) is 0. The Morgan fingerprint density at radius 2 is 1.53 bits per heavy atom. The van der Waals surface area contributed by atoms with E-state index in [1.807, 2.05) is 13.8 Å². The molecule has 1 aliphatic carbocycles. The lowest BCUT2D eigenvalue weighted by Crippen LogP contribution is -2.03. The highest BCUT2D eigenvalue weighted by Crippen LogP contribution is 2.27. The second-order valence-corrected chi connectivity index (χ2v) is 4.63. The minimum Gasteiger partial charge on any atom is -0.0801 e. The fourth-order valence-corrected chi connectivity index (χ4v) is 2.86. The summed E-state index contributed by atoms with van der Waals surface area (Å²) in [4.78, 5) is 0. The van der Waals surface area contributed by atoms with Crippen molar-refractivity contribution in [3.05, 3.63) is 65.4 Å². The molecule has 4 rings (SSSR count). The quantitative estimate of drug-likeness (QED) is 0.542. The van der Waals surface area contributed by atoms with Gasteiger partial charge in [0, 0.05) is 0 Å². The van der Waals surface area contributed by atoms with E-state index in [1.54, 1.807) is 0 Å². The highest BCUT2D eigenvalue weighted by atomic mass is 14.1. The number of allylic oxidation sites excluding steroid dienone is 2. The Labute approximate surface area is 114 Å². The molecular weight excluding hydrogens is 228 g/mol. The van der Waals surface area contributed by atoms with Gasteiger partial charge in [0.15, 0.2) is 0 Å². The van der Waals surface area contributed by atoms with Gasteiger partial charge < -0.3 is 0 Å². The molecule has 3 aromatic rings. The first-order chi connectivity index (χ1) is 9.43. The van der Waals surface area contributed by atoms with Crippen molar-refractivity contribution in [3.8, 4) is 0 Å². The summed E-state index contributed by atoms with van der Waals surface area (Å²) in [5, 5.41) is 6.89. The molecule has 0 amide bonds. The number of hydrogen-bond acceptors (Lipinski definition) is 0. The van der Waals surface area contributed by atoms with Crippen molar-refractivity contribution in [2.75, 3.05) is 0 Å². The van der Waals surface area contributed by atoms with E-state index >= 15 is 0 Å². The van der Waals surface area contributed by atoms with E-state index in [0.717, 1.165) is 6.42 Å². The number of hydrogen-bond donors (Lipinski definition) is 0. The average molecular weight is 246 g/mol. The molecular formula is C19H18. The summed E-state index contributed by atoms with van der Waals surface area (Å²) in [6, 6.07) is 15.5. The molecule has 0 saturated carbocycles. The molecule has 0 radical (unpaired) electrons. The zero-order chi connectivity index (χ0) is 13.2. The largest absolute Gasteiger partial charge is 0.0801 e.